The summed E-state index contributed by atoms with van der Waals surface area (Å²) >= 11 is 0. The van der Waals surface area contributed by atoms with Crippen LogP contribution in [0.1, 0.15) is 25.8 Å². The van der Waals surface area contributed by atoms with Gasteiger partial charge in [-0.2, -0.15) is 0 Å². The van der Waals surface area contributed by atoms with Crippen LogP contribution in [0.15, 0.2) is 29.2 Å². The Kier molecular flexibility index (Phi) is 5.46. The van der Waals surface area contributed by atoms with Crippen molar-refractivity contribution in [2.24, 2.45) is 5.84 Å². The molecule has 0 unspecified atom stereocenters. The van der Waals surface area contributed by atoms with Gasteiger partial charge >= 0.3 is 0 Å². The highest BCUT2D eigenvalue weighted by Crippen LogP contribution is 2.12. The molecule has 19 heavy (non-hydrogen) atoms. The fourth-order valence-corrected chi connectivity index (χ4v) is 2.79. The first-order valence-electron chi connectivity index (χ1n) is 5.96. The van der Waals surface area contributed by atoms with Gasteiger partial charge in [0.25, 0.3) is 0 Å². The number of nitrogens with two attached hydrogens (primary N) is 1. The van der Waals surface area contributed by atoms with Crippen molar-refractivity contribution in [2.45, 2.75) is 37.6 Å². The number of nitrogens with one attached hydrogen (secondary N) is 2. The Balaban J connectivity index is 2.74. The fraction of sp³-hybridized carbons (Fsp3) is 0.417. The van der Waals surface area contributed by atoms with E-state index in [1.54, 1.807) is 26.0 Å². The van der Waals surface area contributed by atoms with Crippen LogP contribution in [0.2, 0.25) is 0 Å². The molecule has 1 amide bonds. The van der Waals surface area contributed by atoms with Crippen LogP contribution in [0.3, 0.4) is 0 Å². The number of aryl methyl sites for hydroxylation is 1. The van der Waals surface area contributed by atoms with Crippen LogP contribution in [0, 0.1) is 0 Å². The zero-order chi connectivity index (χ0) is 14.5. The van der Waals surface area contributed by atoms with E-state index in [2.05, 4.69) is 4.72 Å². The molecule has 1 aromatic carbocycles. The Morgan fingerprint density at radius 3 is 2.32 bits per heavy atom. The summed E-state index contributed by atoms with van der Waals surface area (Å²) in [4.78, 5) is 11.2. The molecule has 0 radical (unpaired) electrons. The quantitative estimate of drug-likeness (QED) is 0.397. The highest BCUT2D eigenvalue weighted by molar-refractivity contribution is 7.89. The maximum absolute atomic E-state index is 11.9. The summed E-state index contributed by atoms with van der Waals surface area (Å²) in [6, 6.07) is 6.29. The summed E-state index contributed by atoms with van der Waals surface area (Å²) in [7, 11) is -3.46. The van der Waals surface area contributed by atoms with Crippen molar-refractivity contribution in [2.75, 3.05) is 0 Å². The second kappa shape index (κ2) is 6.65. The number of carbonyl (C=O) groups is 1. The van der Waals surface area contributed by atoms with Crippen molar-refractivity contribution in [3.8, 4) is 0 Å². The Morgan fingerprint density at radius 2 is 1.84 bits per heavy atom. The van der Waals surface area contributed by atoms with E-state index < -0.39 is 10.0 Å². The molecule has 0 saturated heterocycles. The van der Waals surface area contributed by atoms with Crippen LogP contribution in [-0.2, 0) is 21.2 Å². The third-order valence-electron chi connectivity index (χ3n) is 2.43. The molecule has 7 heteroatoms. The van der Waals surface area contributed by atoms with E-state index in [1.807, 2.05) is 5.43 Å². The number of carbonyl (C=O) groups excluding carboxylic acids is 1. The average molecular weight is 285 g/mol. The maximum Gasteiger partial charge on any atom is 0.240 e. The van der Waals surface area contributed by atoms with E-state index in [-0.39, 0.29) is 23.3 Å². The minimum absolute atomic E-state index is 0.155. The SMILES string of the molecule is CC(C)NS(=O)(=O)c1ccc(CCC(=O)NN)cc1. The van der Waals surface area contributed by atoms with E-state index >= 15 is 0 Å². The Hall–Kier alpha value is -1.44. The van der Waals surface area contributed by atoms with Gasteiger partial charge in [-0.1, -0.05) is 12.1 Å². The van der Waals surface area contributed by atoms with Crippen molar-refractivity contribution >= 4 is 15.9 Å². The van der Waals surface area contributed by atoms with Gasteiger partial charge in [-0.25, -0.2) is 19.0 Å². The van der Waals surface area contributed by atoms with Crippen molar-refractivity contribution in [1.29, 1.82) is 0 Å². The van der Waals surface area contributed by atoms with Gasteiger partial charge in [0.2, 0.25) is 15.9 Å². The van der Waals surface area contributed by atoms with Gasteiger partial charge in [-0.15, -0.1) is 0 Å². The third kappa shape index (κ3) is 4.98. The summed E-state index contributed by atoms with van der Waals surface area (Å²) in [5.74, 6) is 4.72. The lowest BCUT2D eigenvalue weighted by Gasteiger charge is -2.10. The highest BCUT2D eigenvalue weighted by Gasteiger charge is 2.14. The second-order valence-electron chi connectivity index (χ2n) is 4.49. The topological polar surface area (TPSA) is 101 Å². The Bertz CT molecular complexity index is 524. The molecule has 0 saturated carbocycles. The molecule has 0 aliphatic heterocycles. The van der Waals surface area contributed by atoms with Crippen LogP contribution < -0.4 is 16.0 Å². The lowest BCUT2D eigenvalue weighted by atomic mass is 10.1. The molecular formula is C12H19N3O3S. The highest BCUT2D eigenvalue weighted by atomic mass is 32.2. The monoisotopic (exact) mass is 285 g/mol. The summed E-state index contributed by atoms with van der Waals surface area (Å²) < 4.78 is 26.3. The van der Waals surface area contributed by atoms with Crippen LogP contribution in [0.25, 0.3) is 0 Å². The standard InChI is InChI=1S/C12H19N3O3S/c1-9(2)15-19(17,18)11-6-3-10(4-7-11)5-8-12(16)14-13/h3-4,6-7,9,15H,5,8,13H2,1-2H3,(H,14,16). The first-order chi connectivity index (χ1) is 8.85. The van der Waals surface area contributed by atoms with E-state index in [0.717, 1.165) is 5.56 Å². The van der Waals surface area contributed by atoms with Gasteiger partial charge in [-0.3, -0.25) is 10.2 Å². The lowest BCUT2D eigenvalue weighted by Crippen LogP contribution is -2.30. The van der Waals surface area contributed by atoms with Crippen molar-refractivity contribution in [3.63, 3.8) is 0 Å². The molecular weight excluding hydrogens is 266 g/mol. The molecule has 0 bridgehead atoms. The summed E-state index contributed by atoms with van der Waals surface area (Å²) in [6.07, 6.45) is 0.786. The first-order valence-corrected chi connectivity index (χ1v) is 7.44. The molecule has 1 rings (SSSR count). The smallest absolute Gasteiger partial charge is 0.240 e. The number of hydrazine groups is 1. The molecule has 0 spiro atoms. The Labute approximate surface area is 113 Å². The first kappa shape index (κ1) is 15.6. The minimum atomic E-state index is -3.46. The maximum atomic E-state index is 11.9. The number of hydrogen-bond donors (Lipinski definition) is 3. The molecule has 0 atom stereocenters. The molecule has 0 fully saturated rings. The zero-order valence-electron chi connectivity index (χ0n) is 11.0. The molecule has 0 aliphatic carbocycles. The van der Waals surface area contributed by atoms with Crippen molar-refractivity contribution in [1.82, 2.24) is 10.1 Å². The third-order valence-corrected chi connectivity index (χ3v) is 4.10. The second-order valence-corrected chi connectivity index (χ2v) is 6.20. The van der Waals surface area contributed by atoms with Gasteiger partial charge in [0, 0.05) is 12.5 Å². The van der Waals surface area contributed by atoms with Gasteiger partial charge in [0.15, 0.2) is 0 Å². The number of hydrogen-bond acceptors (Lipinski definition) is 4. The molecule has 0 aliphatic rings. The predicted octanol–water partition coefficient (Wildman–Crippen LogP) is 0.296. The Morgan fingerprint density at radius 1 is 1.26 bits per heavy atom. The molecule has 1 aromatic rings. The van der Waals surface area contributed by atoms with Crippen LogP contribution in [0.5, 0.6) is 0 Å². The number of benzene rings is 1. The van der Waals surface area contributed by atoms with Crippen LogP contribution in [-0.4, -0.2) is 20.4 Å². The molecule has 0 aromatic heterocycles. The van der Waals surface area contributed by atoms with Gasteiger partial charge in [-0.05, 0) is 38.0 Å². The number of rotatable bonds is 6. The van der Waals surface area contributed by atoms with Crippen LogP contribution >= 0.6 is 0 Å². The lowest BCUT2D eigenvalue weighted by molar-refractivity contribution is -0.121. The van der Waals surface area contributed by atoms with E-state index in [9.17, 15) is 13.2 Å². The number of sulfonamides is 1. The van der Waals surface area contributed by atoms with Gasteiger partial charge in [0.05, 0.1) is 4.90 Å². The number of amides is 1. The normalized spacial score (nSPS) is 11.6. The summed E-state index contributed by atoms with van der Waals surface area (Å²) in [5.41, 5.74) is 2.93. The zero-order valence-corrected chi connectivity index (χ0v) is 11.8. The predicted molar refractivity (Wildman–Crippen MR) is 72.6 cm³/mol. The molecule has 0 heterocycles. The van der Waals surface area contributed by atoms with Gasteiger partial charge < -0.3 is 0 Å². The summed E-state index contributed by atoms with van der Waals surface area (Å²) in [5, 5.41) is 0. The average Bonchev–Trinajstić information content (AvgIpc) is 2.35. The molecule has 4 N–H and O–H groups in total. The van der Waals surface area contributed by atoms with Crippen molar-refractivity contribution in [3.05, 3.63) is 29.8 Å². The fourth-order valence-electron chi connectivity index (χ4n) is 1.54. The van der Waals surface area contributed by atoms with E-state index in [1.165, 1.54) is 12.1 Å². The van der Waals surface area contributed by atoms with E-state index in [4.69, 9.17) is 5.84 Å². The van der Waals surface area contributed by atoms with Crippen LogP contribution in [0.4, 0.5) is 0 Å². The largest absolute Gasteiger partial charge is 0.294 e. The van der Waals surface area contributed by atoms with Gasteiger partial charge in [0.1, 0.15) is 0 Å². The van der Waals surface area contributed by atoms with E-state index in [0.29, 0.717) is 6.42 Å². The molecule has 6 nitrogen and oxygen atoms in total. The molecule has 106 valence electrons. The summed E-state index contributed by atoms with van der Waals surface area (Å²) in [6.45, 7) is 3.52. The minimum Gasteiger partial charge on any atom is -0.294 e. The van der Waals surface area contributed by atoms with Crippen molar-refractivity contribution < 1.29 is 13.2 Å².